The number of carbonyl (C=O) groups is 1. The van der Waals surface area contributed by atoms with Gasteiger partial charge in [0.05, 0.1) is 12.1 Å². The van der Waals surface area contributed by atoms with E-state index in [0.717, 1.165) is 0 Å². The topological polar surface area (TPSA) is 94.0 Å². The minimum atomic E-state index is -0.640. The summed E-state index contributed by atoms with van der Waals surface area (Å²) in [6.07, 6.45) is 1.24. The fraction of sp³-hybridized carbons (Fsp3) is 0.167. The number of rotatable bonds is 2. The molecule has 2 atom stereocenters. The number of amides is 1. The Hall–Kier alpha value is -4.65. The number of halogens is 1. The molecule has 2 bridgehead atoms. The first-order chi connectivity index (χ1) is 16.5. The quantitative estimate of drug-likeness (QED) is 0.458. The van der Waals surface area contributed by atoms with Crippen LogP contribution < -0.4 is 10.4 Å². The summed E-state index contributed by atoms with van der Waals surface area (Å²) < 4.78 is 21.2. The highest BCUT2D eigenvalue weighted by atomic mass is 19.1. The van der Waals surface area contributed by atoms with Crippen molar-refractivity contribution in [3.8, 4) is 17.3 Å². The largest absolute Gasteiger partial charge is 0.493 e. The summed E-state index contributed by atoms with van der Waals surface area (Å²) in [6.45, 7) is 7.60. The number of imidazole rings is 1. The Balaban J connectivity index is 1.41. The Bertz CT molecular complexity index is 1580. The van der Waals surface area contributed by atoms with Crippen molar-refractivity contribution in [2.24, 2.45) is 0 Å². The lowest BCUT2D eigenvalue weighted by atomic mass is 10.1. The molecule has 2 unspecified atom stereocenters. The lowest BCUT2D eigenvalue weighted by Gasteiger charge is -2.26. The molecule has 0 saturated carbocycles. The molecule has 0 spiro atoms. The molecule has 34 heavy (non-hydrogen) atoms. The van der Waals surface area contributed by atoms with Gasteiger partial charge >= 0.3 is 11.8 Å². The molecule has 1 fully saturated rings. The lowest BCUT2D eigenvalue weighted by Crippen LogP contribution is -2.39. The minimum Gasteiger partial charge on any atom is -0.493 e. The van der Waals surface area contributed by atoms with Crippen LogP contribution in [0.2, 0.25) is 0 Å². The molecule has 2 aromatic heterocycles. The third-order valence-corrected chi connectivity index (χ3v) is 6.41. The van der Waals surface area contributed by atoms with Crippen LogP contribution >= 0.6 is 0 Å². The zero-order valence-corrected chi connectivity index (χ0v) is 17.6. The van der Waals surface area contributed by atoms with Crippen LogP contribution in [0.3, 0.4) is 0 Å². The van der Waals surface area contributed by atoms with Crippen LogP contribution in [-0.2, 0) is 0 Å². The molecule has 10 heteroatoms. The maximum Gasteiger partial charge on any atom is 0.415 e. The molecule has 2 aliphatic heterocycles. The van der Waals surface area contributed by atoms with Crippen LogP contribution in [-0.4, -0.2) is 36.8 Å². The van der Waals surface area contributed by atoms with Crippen molar-refractivity contribution in [3.05, 3.63) is 88.1 Å². The van der Waals surface area contributed by atoms with Crippen molar-refractivity contribution >= 4 is 22.7 Å². The highest BCUT2D eigenvalue weighted by Crippen LogP contribution is 2.49. The van der Waals surface area contributed by atoms with Gasteiger partial charge in [0, 0.05) is 17.3 Å². The molecule has 1 saturated heterocycles. The van der Waals surface area contributed by atoms with E-state index in [1.807, 2.05) is 0 Å². The molecular weight excluding hydrogens is 441 g/mol. The van der Waals surface area contributed by atoms with Crippen LogP contribution in [0.15, 0.2) is 59.5 Å². The number of ether oxygens (including phenoxy) is 1. The number of fused-ring (bicyclic) bond motifs is 6. The summed E-state index contributed by atoms with van der Waals surface area (Å²) in [5.41, 5.74) is 0.247. The normalized spacial score (nSPS) is 18.2. The second kappa shape index (κ2) is 7.18. The van der Waals surface area contributed by atoms with Crippen molar-refractivity contribution < 1.29 is 19.0 Å². The molecule has 2 aliphatic rings. The smallest absolute Gasteiger partial charge is 0.415 e. The Morgan fingerprint density at radius 3 is 2.65 bits per heavy atom. The first kappa shape index (κ1) is 20.0. The molecule has 4 heterocycles. The zero-order valence-electron chi connectivity index (χ0n) is 17.6. The number of aromatic hydroxyl groups is 1. The average Bonchev–Trinajstić information content (AvgIpc) is 3.51. The van der Waals surface area contributed by atoms with Gasteiger partial charge in [0.25, 0.3) is 5.82 Å². The number of nitrogens with zero attached hydrogens (tertiary/aromatic N) is 5. The van der Waals surface area contributed by atoms with Gasteiger partial charge in [0.1, 0.15) is 29.1 Å². The summed E-state index contributed by atoms with van der Waals surface area (Å²) in [4.78, 5) is 35.3. The summed E-state index contributed by atoms with van der Waals surface area (Å²) >= 11 is 0. The maximum absolute atomic E-state index is 13.4. The van der Waals surface area contributed by atoms with Crippen LogP contribution in [0, 0.1) is 12.4 Å². The number of pyridine rings is 1. The maximum atomic E-state index is 13.4. The van der Waals surface area contributed by atoms with E-state index in [0.29, 0.717) is 28.6 Å². The summed E-state index contributed by atoms with van der Waals surface area (Å²) in [6, 6.07) is 11.3. The standard InChI is InChI=1S/C24H16FN5O4/c1-26-21-17-5-3-2-4-16(17)19(11-27-21)30-22(31)20-18-10-14(29(20)23(30)32)12-28(18)24(33)34-15-8-6-13(25)7-9-15/h2-9,11,14,18,31H,10,12H2. The molecule has 1 N–H and O–H groups in total. The Kier molecular flexibility index (Phi) is 4.22. The van der Waals surface area contributed by atoms with E-state index in [4.69, 9.17) is 11.3 Å². The molecule has 1 amide bonds. The van der Waals surface area contributed by atoms with E-state index < -0.39 is 23.6 Å². The third-order valence-electron chi connectivity index (χ3n) is 6.41. The second-order valence-electron chi connectivity index (χ2n) is 8.20. The van der Waals surface area contributed by atoms with Crippen molar-refractivity contribution in [1.29, 1.82) is 0 Å². The van der Waals surface area contributed by atoms with E-state index in [-0.39, 0.29) is 30.0 Å². The van der Waals surface area contributed by atoms with Crippen LogP contribution in [0.4, 0.5) is 15.0 Å². The molecule has 0 radical (unpaired) electrons. The van der Waals surface area contributed by atoms with Crippen molar-refractivity contribution in [2.75, 3.05) is 6.54 Å². The SMILES string of the molecule is [C-]#[N+]c1ncc(-n2c(O)c3n(c2=O)C2CC3N(C(=O)Oc3ccc(F)cc3)C2)c2ccccc12. The highest BCUT2D eigenvalue weighted by Gasteiger charge is 2.50. The van der Waals surface area contributed by atoms with E-state index in [2.05, 4.69) is 9.83 Å². The van der Waals surface area contributed by atoms with E-state index in [1.165, 1.54) is 44.5 Å². The molecule has 4 aromatic rings. The Labute approximate surface area is 191 Å². The van der Waals surface area contributed by atoms with E-state index in [9.17, 15) is 19.1 Å². The van der Waals surface area contributed by atoms with E-state index >= 15 is 0 Å². The van der Waals surface area contributed by atoms with E-state index in [1.54, 1.807) is 24.3 Å². The first-order valence-electron chi connectivity index (χ1n) is 10.5. The summed E-state index contributed by atoms with van der Waals surface area (Å²) in [7, 11) is 0. The fourth-order valence-corrected chi connectivity index (χ4v) is 4.96. The molecule has 9 nitrogen and oxygen atoms in total. The third kappa shape index (κ3) is 2.73. The van der Waals surface area contributed by atoms with Gasteiger partial charge in [-0.05, 0) is 30.7 Å². The minimum absolute atomic E-state index is 0.200. The first-order valence-corrected chi connectivity index (χ1v) is 10.5. The van der Waals surface area contributed by atoms with Gasteiger partial charge in [0.15, 0.2) is 0 Å². The number of aromatic nitrogens is 3. The van der Waals surface area contributed by atoms with Gasteiger partial charge < -0.3 is 14.7 Å². The average molecular weight is 457 g/mol. The molecular formula is C24H16FN5O4. The van der Waals surface area contributed by atoms with Gasteiger partial charge in [-0.2, -0.15) is 0 Å². The van der Waals surface area contributed by atoms with Crippen LogP contribution in [0.1, 0.15) is 24.2 Å². The van der Waals surface area contributed by atoms with Gasteiger partial charge in [0.2, 0.25) is 5.88 Å². The van der Waals surface area contributed by atoms with Crippen LogP contribution in [0.25, 0.3) is 21.3 Å². The molecule has 168 valence electrons. The highest BCUT2D eigenvalue weighted by molar-refractivity contribution is 5.97. The Morgan fingerprint density at radius 2 is 1.91 bits per heavy atom. The van der Waals surface area contributed by atoms with Crippen molar-refractivity contribution in [3.63, 3.8) is 0 Å². The van der Waals surface area contributed by atoms with Crippen LogP contribution in [0.5, 0.6) is 11.6 Å². The zero-order chi connectivity index (χ0) is 23.6. The molecule has 2 aromatic carbocycles. The van der Waals surface area contributed by atoms with Gasteiger partial charge in [-0.3, -0.25) is 9.47 Å². The van der Waals surface area contributed by atoms with Gasteiger partial charge in [-0.15, -0.1) is 4.98 Å². The number of carbonyl (C=O) groups excluding carboxylic acids is 1. The van der Waals surface area contributed by atoms with Crippen molar-refractivity contribution in [2.45, 2.75) is 18.5 Å². The lowest BCUT2D eigenvalue weighted by molar-refractivity contribution is 0.140. The summed E-state index contributed by atoms with van der Waals surface area (Å²) in [5, 5.41) is 12.3. The van der Waals surface area contributed by atoms with Gasteiger partial charge in [-0.25, -0.2) is 18.5 Å². The van der Waals surface area contributed by atoms with Crippen molar-refractivity contribution in [1.82, 2.24) is 19.0 Å². The molecule has 6 rings (SSSR count). The number of hydrogen-bond donors (Lipinski definition) is 1. The number of benzene rings is 2. The predicted molar refractivity (Wildman–Crippen MR) is 119 cm³/mol. The monoisotopic (exact) mass is 457 g/mol. The number of hydrogen-bond acceptors (Lipinski definition) is 5. The Morgan fingerprint density at radius 1 is 1.18 bits per heavy atom. The number of likely N-dealkylation sites (tertiary alicyclic amines) is 1. The predicted octanol–water partition coefficient (Wildman–Crippen LogP) is 4.08. The summed E-state index contributed by atoms with van der Waals surface area (Å²) in [5.74, 6) is -0.319. The fourth-order valence-electron chi connectivity index (χ4n) is 4.96. The molecule has 0 aliphatic carbocycles. The second-order valence-corrected chi connectivity index (χ2v) is 8.20. The van der Waals surface area contributed by atoms with Gasteiger partial charge in [-0.1, -0.05) is 30.8 Å².